The predicted octanol–water partition coefficient (Wildman–Crippen LogP) is -0.346. The number of hydrogen-bond donors (Lipinski definition) is 2. The molecular formula is C7H15N3O3. The maximum absolute atomic E-state index is 11.2. The molecule has 13 heavy (non-hydrogen) atoms. The lowest BCUT2D eigenvalue weighted by atomic mass is 10.4. The maximum Gasteiger partial charge on any atom is 0.409 e. The molecular weight excluding hydrogens is 174 g/mol. The van der Waals surface area contributed by atoms with Crippen LogP contribution in [-0.2, 0) is 4.74 Å². The number of hydrazine groups is 1. The molecule has 6 heteroatoms. The summed E-state index contributed by atoms with van der Waals surface area (Å²) in [6.45, 7) is 4.55. The fourth-order valence-corrected chi connectivity index (χ4v) is 1.20. The molecule has 76 valence electrons. The van der Waals surface area contributed by atoms with Crippen molar-refractivity contribution in [1.29, 1.82) is 0 Å². The van der Waals surface area contributed by atoms with Gasteiger partial charge in [0.05, 0.1) is 6.61 Å². The average molecular weight is 189 g/mol. The molecule has 0 aromatic carbocycles. The number of nitrogens with zero attached hydrogens (tertiary/aromatic N) is 2. The molecule has 0 aromatic heterocycles. The van der Waals surface area contributed by atoms with Crippen molar-refractivity contribution in [3.05, 3.63) is 0 Å². The number of piperazine rings is 1. The lowest BCUT2D eigenvalue weighted by Gasteiger charge is -2.32. The highest BCUT2D eigenvalue weighted by molar-refractivity contribution is 5.67. The van der Waals surface area contributed by atoms with E-state index in [2.05, 4.69) is 0 Å². The van der Waals surface area contributed by atoms with Crippen molar-refractivity contribution in [1.82, 2.24) is 15.5 Å². The van der Waals surface area contributed by atoms with Gasteiger partial charge in [-0.25, -0.2) is 9.80 Å². The highest BCUT2D eigenvalue weighted by Gasteiger charge is 2.20. The van der Waals surface area contributed by atoms with E-state index in [9.17, 15) is 4.79 Å². The van der Waals surface area contributed by atoms with E-state index in [0.29, 0.717) is 32.8 Å². The molecule has 0 aromatic rings. The van der Waals surface area contributed by atoms with Gasteiger partial charge in [-0.2, -0.15) is 0 Å². The Labute approximate surface area is 77.0 Å². The van der Waals surface area contributed by atoms with Crippen LogP contribution in [0.25, 0.3) is 0 Å². The van der Waals surface area contributed by atoms with Crippen LogP contribution < -0.4 is 5.59 Å². The minimum absolute atomic E-state index is 0.278. The molecule has 0 aliphatic carbocycles. The Morgan fingerprint density at radius 1 is 1.46 bits per heavy atom. The van der Waals surface area contributed by atoms with Crippen LogP contribution >= 0.6 is 0 Å². The van der Waals surface area contributed by atoms with Gasteiger partial charge in [0.1, 0.15) is 0 Å². The molecule has 1 aliphatic heterocycles. The largest absolute Gasteiger partial charge is 0.450 e. The van der Waals surface area contributed by atoms with Gasteiger partial charge in [0.15, 0.2) is 0 Å². The summed E-state index contributed by atoms with van der Waals surface area (Å²) in [5.74, 6) is 0. The zero-order chi connectivity index (χ0) is 9.68. The molecule has 0 radical (unpaired) electrons. The second kappa shape index (κ2) is 5.00. The smallest absolute Gasteiger partial charge is 0.409 e. The summed E-state index contributed by atoms with van der Waals surface area (Å²) in [6, 6.07) is 0. The van der Waals surface area contributed by atoms with Crippen LogP contribution in [0.3, 0.4) is 0 Å². The zero-order valence-electron chi connectivity index (χ0n) is 7.69. The van der Waals surface area contributed by atoms with E-state index in [1.54, 1.807) is 16.8 Å². The standard InChI is InChI=1S/C7H15N3O3/c1-2-13-7(11)9-3-5-10(8-12)6-4-9/h8,12H,2-6H2,1H3. The zero-order valence-corrected chi connectivity index (χ0v) is 7.69. The topological polar surface area (TPSA) is 65.0 Å². The molecule has 1 amide bonds. The van der Waals surface area contributed by atoms with Crippen molar-refractivity contribution in [2.24, 2.45) is 0 Å². The summed E-state index contributed by atoms with van der Waals surface area (Å²) in [6.07, 6.45) is -0.278. The number of hydrogen-bond acceptors (Lipinski definition) is 5. The number of nitrogens with one attached hydrogen (secondary N) is 1. The molecule has 0 unspecified atom stereocenters. The fourth-order valence-electron chi connectivity index (χ4n) is 1.20. The van der Waals surface area contributed by atoms with E-state index >= 15 is 0 Å². The van der Waals surface area contributed by atoms with Crippen molar-refractivity contribution < 1.29 is 14.7 Å². The summed E-state index contributed by atoms with van der Waals surface area (Å²) in [4.78, 5) is 12.8. The van der Waals surface area contributed by atoms with Gasteiger partial charge >= 0.3 is 6.09 Å². The summed E-state index contributed by atoms with van der Waals surface area (Å²) in [7, 11) is 0. The first-order valence-corrected chi connectivity index (χ1v) is 4.34. The summed E-state index contributed by atoms with van der Waals surface area (Å²) < 4.78 is 4.84. The number of ether oxygens (including phenoxy) is 1. The Morgan fingerprint density at radius 3 is 2.54 bits per heavy atom. The summed E-state index contributed by atoms with van der Waals surface area (Å²) >= 11 is 0. The molecule has 1 fully saturated rings. The third-order valence-corrected chi connectivity index (χ3v) is 1.95. The summed E-state index contributed by atoms with van der Waals surface area (Å²) in [5, 5.41) is 10.2. The Bertz CT molecular complexity index is 168. The van der Waals surface area contributed by atoms with Crippen LogP contribution in [0.5, 0.6) is 0 Å². The van der Waals surface area contributed by atoms with Crippen molar-refractivity contribution in [2.45, 2.75) is 6.92 Å². The number of carbonyl (C=O) groups excluding carboxylic acids is 1. The lowest BCUT2D eigenvalue weighted by molar-refractivity contribution is -0.0446. The second-order valence-electron chi connectivity index (χ2n) is 2.77. The minimum Gasteiger partial charge on any atom is -0.450 e. The molecule has 1 rings (SSSR count). The Morgan fingerprint density at radius 2 is 2.08 bits per heavy atom. The highest BCUT2D eigenvalue weighted by atomic mass is 16.6. The van der Waals surface area contributed by atoms with E-state index < -0.39 is 0 Å². The van der Waals surface area contributed by atoms with Gasteiger partial charge in [0.2, 0.25) is 0 Å². The predicted molar refractivity (Wildman–Crippen MR) is 45.1 cm³/mol. The molecule has 0 saturated carbocycles. The molecule has 0 bridgehead atoms. The first kappa shape index (κ1) is 10.2. The fraction of sp³-hybridized carbons (Fsp3) is 0.857. The Kier molecular flexibility index (Phi) is 3.94. The average Bonchev–Trinajstić information content (AvgIpc) is 2.18. The Hall–Kier alpha value is -0.850. The lowest BCUT2D eigenvalue weighted by Crippen LogP contribution is -2.52. The van der Waals surface area contributed by atoms with Crippen molar-refractivity contribution in [2.75, 3.05) is 32.8 Å². The number of carbonyl (C=O) groups is 1. The third kappa shape index (κ3) is 2.83. The maximum atomic E-state index is 11.2. The van der Waals surface area contributed by atoms with Gasteiger partial charge in [-0.1, -0.05) is 0 Å². The van der Waals surface area contributed by atoms with Crippen LogP contribution in [0.4, 0.5) is 4.79 Å². The van der Waals surface area contributed by atoms with E-state index in [0.717, 1.165) is 0 Å². The minimum atomic E-state index is -0.278. The normalized spacial score (nSPS) is 18.8. The summed E-state index contributed by atoms with van der Waals surface area (Å²) in [5.41, 5.74) is 2.05. The van der Waals surface area contributed by atoms with E-state index in [4.69, 9.17) is 9.94 Å². The number of rotatable bonds is 2. The molecule has 1 aliphatic rings. The SMILES string of the molecule is CCOC(=O)N1CCN(NO)CC1. The van der Waals surface area contributed by atoms with Crippen LogP contribution in [-0.4, -0.2) is 54.0 Å². The van der Waals surface area contributed by atoms with Gasteiger partial charge in [0, 0.05) is 26.2 Å². The molecule has 2 N–H and O–H groups in total. The van der Waals surface area contributed by atoms with Gasteiger partial charge in [-0.05, 0) is 6.92 Å². The first-order valence-electron chi connectivity index (χ1n) is 4.34. The first-order chi connectivity index (χ1) is 6.27. The van der Waals surface area contributed by atoms with Crippen molar-refractivity contribution in [3.63, 3.8) is 0 Å². The monoisotopic (exact) mass is 189 g/mol. The van der Waals surface area contributed by atoms with E-state index in [1.807, 2.05) is 5.59 Å². The molecule has 0 atom stereocenters. The van der Waals surface area contributed by atoms with Crippen LogP contribution in [0.2, 0.25) is 0 Å². The highest BCUT2D eigenvalue weighted by Crippen LogP contribution is 2.00. The van der Waals surface area contributed by atoms with Crippen LogP contribution in [0.15, 0.2) is 0 Å². The van der Waals surface area contributed by atoms with Crippen molar-refractivity contribution in [3.8, 4) is 0 Å². The van der Waals surface area contributed by atoms with Gasteiger partial charge in [0.25, 0.3) is 0 Å². The van der Waals surface area contributed by atoms with Gasteiger partial charge < -0.3 is 14.8 Å². The van der Waals surface area contributed by atoms with Gasteiger partial charge in [-0.15, -0.1) is 5.59 Å². The van der Waals surface area contributed by atoms with Crippen LogP contribution in [0, 0.1) is 0 Å². The van der Waals surface area contributed by atoms with Crippen molar-refractivity contribution >= 4 is 6.09 Å². The van der Waals surface area contributed by atoms with E-state index in [1.165, 1.54) is 0 Å². The van der Waals surface area contributed by atoms with Crippen LogP contribution in [0.1, 0.15) is 6.92 Å². The molecule has 6 nitrogen and oxygen atoms in total. The molecule has 1 saturated heterocycles. The third-order valence-electron chi connectivity index (χ3n) is 1.95. The quantitative estimate of drug-likeness (QED) is 0.581. The van der Waals surface area contributed by atoms with E-state index in [-0.39, 0.29) is 6.09 Å². The number of amides is 1. The molecule has 1 heterocycles. The van der Waals surface area contributed by atoms with Gasteiger partial charge in [-0.3, -0.25) is 0 Å². The Balaban J connectivity index is 2.28. The molecule has 0 spiro atoms. The second-order valence-corrected chi connectivity index (χ2v) is 2.77.